The van der Waals surface area contributed by atoms with E-state index in [0.29, 0.717) is 50.5 Å². The lowest BCUT2D eigenvalue weighted by Gasteiger charge is -2.14. The van der Waals surface area contributed by atoms with Crippen molar-refractivity contribution in [3.05, 3.63) is 118 Å². The summed E-state index contributed by atoms with van der Waals surface area (Å²) >= 11 is 0. The van der Waals surface area contributed by atoms with E-state index in [1.807, 2.05) is 19.1 Å². The molecule has 3 N–H and O–H groups in total. The lowest BCUT2D eigenvalue weighted by Crippen LogP contribution is -2.29. The minimum absolute atomic E-state index is 0.0376. The van der Waals surface area contributed by atoms with E-state index in [0.717, 1.165) is 5.56 Å². The number of hydrogen-bond donors (Lipinski definition) is 3. The Hall–Kier alpha value is -4.44. The highest BCUT2D eigenvalue weighted by Gasteiger charge is 2.17. The number of hydrogen-bond acceptors (Lipinski definition) is 8. The molecule has 0 radical (unpaired) electrons. The van der Waals surface area contributed by atoms with E-state index in [1.165, 1.54) is 12.1 Å². The molecule has 0 aliphatic heterocycles. The molecule has 0 saturated heterocycles. The molecule has 204 valence electrons. The maximum Gasteiger partial charge on any atom is 0.488 e. The molecule has 1 unspecified atom stereocenters. The minimum Gasteiger partial charge on any atom is -0.491 e. The van der Waals surface area contributed by atoms with Crippen molar-refractivity contribution in [1.82, 2.24) is 0 Å². The van der Waals surface area contributed by atoms with Crippen LogP contribution in [0.15, 0.2) is 84.9 Å². The van der Waals surface area contributed by atoms with Gasteiger partial charge in [0.25, 0.3) is 0 Å². The third-order valence-electron chi connectivity index (χ3n) is 6.50. The standard InChI is InChI=1S/C31H29BO8/c1-19-4-6-23(7-5-19)30(34)39-28-16-17-29(21(3)20(28)2)40-31(35)24-10-14-26(15-11-24)38-18-27(33)22-8-12-25(13-9-22)32(36)37/h4-17,27,33,36-37H,18H2,1-3H3. The number of carbonyl (C=O) groups is 2. The molecule has 0 amide bonds. The fraction of sp³-hybridized carbons (Fsp3) is 0.161. The number of rotatable bonds is 9. The first-order valence-electron chi connectivity index (χ1n) is 12.6. The van der Waals surface area contributed by atoms with E-state index in [-0.39, 0.29) is 6.61 Å². The Morgan fingerprint density at radius 3 is 1.65 bits per heavy atom. The Kier molecular flexibility index (Phi) is 9.01. The highest BCUT2D eigenvalue weighted by Crippen LogP contribution is 2.30. The second kappa shape index (κ2) is 12.6. The van der Waals surface area contributed by atoms with Crippen molar-refractivity contribution < 1.29 is 39.0 Å². The van der Waals surface area contributed by atoms with Crippen molar-refractivity contribution >= 4 is 24.5 Å². The van der Waals surface area contributed by atoms with E-state index < -0.39 is 25.2 Å². The highest BCUT2D eigenvalue weighted by molar-refractivity contribution is 6.58. The lowest BCUT2D eigenvalue weighted by molar-refractivity contribution is 0.0717. The molecular weight excluding hydrogens is 511 g/mol. The summed E-state index contributed by atoms with van der Waals surface area (Å²) < 4.78 is 16.8. The summed E-state index contributed by atoms with van der Waals surface area (Å²) in [6.45, 7) is 5.47. The topological polar surface area (TPSA) is 123 Å². The molecule has 40 heavy (non-hydrogen) atoms. The molecular formula is C31H29BO8. The zero-order chi connectivity index (χ0) is 28.8. The number of esters is 2. The molecule has 0 aliphatic carbocycles. The van der Waals surface area contributed by atoms with Crippen LogP contribution >= 0.6 is 0 Å². The number of benzene rings is 4. The number of aliphatic hydroxyl groups excluding tert-OH is 1. The maximum atomic E-state index is 12.8. The van der Waals surface area contributed by atoms with Crippen LogP contribution in [0, 0.1) is 20.8 Å². The average molecular weight is 540 g/mol. The van der Waals surface area contributed by atoms with E-state index >= 15 is 0 Å². The van der Waals surface area contributed by atoms with Crippen LogP contribution in [0.4, 0.5) is 0 Å². The van der Waals surface area contributed by atoms with Crippen molar-refractivity contribution in [3.63, 3.8) is 0 Å². The number of carbonyl (C=O) groups excluding carboxylic acids is 2. The van der Waals surface area contributed by atoms with Crippen LogP contribution in [-0.2, 0) is 0 Å². The summed E-state index contributed by atoms with van der Waals surface area (Å²) in [4.78, 5) is 25.3. The van der Waals surface area contributed by atoms with Crippen LogP contribution < -0.4 is 19.7 Å². The quantitative estimate of drug-likeness (QED) is 0.166. The van der Waals surface area contributed by atoms with Gasteiger partial charge in [0.2, 0.25) is 0 Å². The van der Waals surface area contributed by atoms with E-state index in [2.05, 4.69) is 0 Å². The predicted molar refractivity (Wildman–Crippen MR) is 150 cm³/mol. The van der Waals surface area contributed by atoms with Crippen LogP contribution in [0.5, 0.6) is 17.2 Å². The fourth-order valence-corrected chi connectivity index (χ4v) is 3.85. The zero-order valence-corrected chi connectivity index (χ0v) is 22.3. The van der Waals surface area contributed by atoms with Crippen molar-refractivity contribution in [2.75, 3.05) is 6.61 Å². The number of aryl methyl sites for hydroxylation is 1. The summed E-state index contributed by atoms with van der Waals surface area (Å²) in [5, 5.41) is 28.7. The number of ether oxygens (including phenoxy) is 3. The summed E-state index contributed by atoms with van der Waals surface area (Å²) in [6.07, 6.45) is -0.931. The SMILES string of the molecule is Cc1ccc(C(=O)Oc2ccc(OC(=O)c3ccc(OCC(O)c4ccc(B(O)O)cc4)cc3)c(C)c2C)cc1. The van der Waals surface area contributed by atoms with E-state index in [9.17, 15) is 24.7 Å². The van der Waals surface area contributed by atoms with Crippen LogP contribution in [0.25, 0.3) is 0 Å². The first-order valence-corrected chi connectivity index (χ1v) is 12.6. The summed E-state index contributed by atoms with van der Waals surface area (Å²) in [6, 6.07) is 22.8. The molecule has 8 nitrogen and oxygen atoms in total. The van der Waals surface area contributed by atoms with E-state index in [4.69, 9.17) is 14.2 Å². The molecule has 4 rings (SSSR count). The van der Waals surface area contributed by atoms with Crippen molar-refractivity contribution in [1.29, 1.82) is 0 Å². The zero-order valence-electron chi connectivity index (χ0n) is 22.3. The maximum absolute atomic E-state index is 12.8. The average Bonchev–Trinajstić information content (AvgIpc) is 2.96. The van der Waals surface area contributed by atoms with Crippen molar-refractivity contribution in [3.8, 4) is 17.2 Å². The second-order valence-electron chi connectivity index (χ2n) is 9.35. The Morgan fingerprint density at radius 2 is 1.18 bits per heavy atom. The van der Waals surface area contributed by atoms with Gasteiger partial charge in [-0.05, 0) is 91.5 Å². The molecule has 0 aliphatic rings. The molecule has 9 heteroatoms. The molecule has 4 aromatic carbocycles. The van der Waals surface area contributed by atoms with Gasteiger partial charge in [0.05, 0.1) is 11.1 Å². The fourth-order valence-electron chi connectivity index (χ4n) is 3.85. The Balaban J connectivity index is 1.34. The molecule has 0 bridgehead atoms. The Labute approximate surface area is 232 Å². The monoisotopic (exact) mass is 540 g/mol. The predicted octanol–water partition coefficient (Wildman–Crippen LogP) is 3.84. The van der Waals surface area contributed by atoms with Gasteiger partial charge in [0.15, 0.2) is 0 Å². The summed E-state index contributed by atoms with van der Waals surface area (Å²) in [5.74, 6) is 0.144. The molecule has 0 aromatic heterocycles. The molecule has 4 aromatic rings. The molecule has 0 spiro atoms. The summed E-state index contributed by atoms with van der Waals surface area (Å²) in [7, 11) is -1.57. The van der Waals surface area contributed by atoms with Gasteiger partial charge in [-0.3, -0.25) is 0 Å². The molecule has 1 atom stereocenters. The molecule has 0 heterocycles. The number of aliphatic hydroxyl groups is 1. The first-order chi connectivity index (χ1) is 19.1. The highest BCUT2D eigenvalue weighted by atomic mass is 16.5. The smallest absolute Gasteiger partial charge is 0.488 e. The van der Waals surface area contributed by atoms with Gasteiger partial charge in [0, 0.05) is 0 Å². The van der Waals surface area contributed by atoms with Crippen molar-refractivity contribution in [2.24, 2.45) is 0 Å². The Morgan fingerprint density at radius 1 is 0.700 bits per heavy atom. The second-order valence-corrected chi connectivity index (χ2v) is 9.35. The lowest BCUT2D eigenvalue weighted by atomic mass is 9.80. The van der Waals surface area contributed by atoms with Gasteiger partial charge < -0.3 is 29.4 Å². The molecule has 0 fully saturated rings. The normalized spacial score (nSPS) is 11.4. The van der Waals surface area contributed by atoms with Crippen LogP contribution in [-0.4, -0.2) is 40.8 Å². The minimum atomic E-state index is -1.57. The third-order valence-corrected chi connectivity index (χ3v) is 6.50. The largest absolute Gasteiger partial charge is 0.491 e. The van der Waals surface area contributed by atoms with E-state index in [1.54, 1.807) is 74.5 Å². The van der Waals surface area contributed by atoms with Crippen LogP contribution in [0.3, 0.4) is 0 Å². The van der Waals surface area contributed by atoms with Gasteiger partial charge in [-0.15, -0.1) is 0 Å². The summed E-state index contributed by atoms with van der Waals surface area (Å²) in [5.41, 5.74) is 4.01. The van der Waals surface area contributed by atoms with Crippen LogP contribution in [0.2, 0.25) is 0 Å². The third kappa shape index (κ3) is 6.95. The first kappa shape index (κ1) is 28.6. The van der Waals surface area contributed by atoms with Gasteiger partial charge >= 0.3 is 19.1 Å². The van der Waals surface area contributed by atoms with Crippen molar-refractivity contribution in [2.45, 2.75) is 26.9 Å². The van der Waals surface area contributed by atoms with Gasteiger partial charge in [0.1, 0.15) is 30.0 Å². The Bertz CT molecular complexity index is 1480. The van der Waals surface area contributed by atoms with Gasteiger partial charge in [-0.25, -0.2) is 9.59 Å². The van der Waals surface area contributed by atoms with Gasteiger partial charge in [-0.1, -0.05) is 42.0 Å². The van der Waals surface area contributed by atoms with Crippen LogP contribution in [0.1, 0.15) is 49.1 Å². The molecule has 0 saturated carbocycles. The van der Waals surface area contributed by atoms with Gasteiger partial charge in [-0.2, -0.15) is 0 Å².